The number of anilines is 1. The topological polar surface area (TPSA) is 48.9 Å². The third-order valence-electron chi connectivity index (χ3n) is 6.78. The number of nitrogens with zero attached hydrogens (tertiary/aromatic N) is 2. The van der Waals surface area contributed by atoms with Crippen molar-refractivity contribution in [2.24, 2.45) is 16.3 Å². The van der Waals surface area contributed by atoms with E-state index >= 15 is 0 Å². The van der Waals surface area contributed by atoms with Crippen molar-refractivity contribution in [1.82, 2.24) is 10.6 Å². The second-order valence-corrected chi connectivity index (χ2v) is 9.02. The predicted octanol–water partition coefficient (Wildman–Crippen LogP) is 3.56. The summed E-state index contributed by atoms with van der Waals surface area (Å²) in [5.74, 6) is 1.56. The number of piperidine rings is 1. The Bertz CT molecular complexity index is 690. The SMILES string of the molecule is CN=C(NC1CCCN(c2ccc(C)cc2)C1)NC1C2CCOC2C1(C)C.I. The maximum absolute atomic E-state index is 5.93. The molecule has 4 atom stereocenters. The van der Waals surface area contributed by atoms with E-state index in [1.165, 1.54) is 24.1 Å². The smallest absolute Gasteiger partial charge is 0.191 e. The molecule has 3 fully saturated rings. The molecule has 1 saturated carbocycles. The van der Waals surface area contributed by atoms with Crippen LogP contribution in [0, 0.1) is 18.3 Å². The Balaban J connectivity index is 0.00000225. The maximum atomic E-state index is 5.93. The average Bonchev–Trinajstić information content (AvgIpc) is 3.13. The third-order valence-corrected chi connectivity index (χ3v) is 6.78. The summed E-state index contributed by atoms with van der Waals surface area (Å²) >= 11 is 0. The van der Waals surface area contributed by atoms with Crippen LogP contribution in [0.1, 0.15) is 38.7 Å². The predicted molar refractivity (Wildman–Crippen MR) is 127 cm³/mol. The summed E-state index contributed by atoms with van der Waals surface area (Å²) in [5.41, 5.74) is 2.80. The van der Waals surface area contributed by atoms with Crippen LogP contribution >= 0.6 is 24.0 Å². The molecule has 6 heteroatoms. The lowest BCUT2D eigenvalue weighted by atomic mass is 9.57. The van der Waals surface area contributed by atoms with Gasteiger partial charge in [-0.2, -0.15) is 0 Å². The molecule has 156 valence electrons. The van der Waals surface area contributed by atoms with E-state index in [4.69, 9.17) is 4.74 Å². The molecule has 3 aliphatic rings. The van der Waals surface area contributed by atoms with Crippen LogP contribution in [-0.4, -0.2) is 50.9 Å². The highest BCUT2D eigenvalue weighted by Gasteiger charge is 2.59. The lowest BCUT2D eigenvalue weighted by molar-refractivity contribution is -0.106. The van der Waals surface area contributed by atoms with Gasteiger partial charge in [0.1, 0.15) is 0 Å². The van der Waals surface area contributed by atoms with E-state index in [0.29, 0.717) is 24.1 Å². The first kappa shape index (κ1) is 21.7. The molecule has 28 heavy (non-hydrogen) atoms. The highest BCUT2D eigenvalue weighted by Crippen LogP contribution is 2.52. The van der Waals surface area contributed by atoms with Crippen LogP contribution in [0.4, 0.5) is 5.69 Å². The zero-order valence-electron chi connectivity index (χ0n) is 17.6. The lowest BCUT2D eigenvalue weighted by Crippen LogP contribution is -2.68. The van der Waals surface area contributed by atoms with Crippen LogP contribution in [-0.2, 0) is 4.74 Å². The molecule has 0 radical (unpaired) electrons. The zero-order valence-corrected chi connectivity index (χ0v) is 19.9. The van der Waals surface area contributed by atoms with E-state index in [1.54, 1.807) is 0 Å². The van der Waals surface area contributed by atoms with Crippen LogP contribution in [0.3, 0.4) is 0 Å². The number of aryl methyl sites for hydroxylation is 1. The highest BCUT2D eigenvalue weighted by molar-refractivity contribution is 14.0. The number of hydrogen-bond donors (Lipinski definition) is 2. The Morgan fingerprint density at radius 3 is 2.64 bits per heavy atom. The second-order valence-electron chi connectivity index (χ2n) is 9.02. The van der Waals surface area contributed by atoms with E-state index in [0.717, 1.165) is 32.1 Å². The van der Waals surface area contributed by atoms with Crippen molar-refractivity contribution in [2.45, 2.75) is 58.2 Å². The Morgan fingerprint density at radius 2 is 1.93 bits per heavy atom. The molecule has 0 aromatic heterocycles. The number of benzene rings is 1. The number of nitrogens with one attached hydrogen (secondary N) is 2. The number of ether oxygens (including phenoxy) is 1. The molecule has 0 spiro atoms. The van der Waals surface area contributed by atoms with Gasteiger partial charge in [0.2, 0.25) is 0 Å². The Morgan fingerprint density at radius 1 is 1.18 bits per heavy atom. The minimum absolute atomic E-state index is 0. The summed E-state index contributed by atoms with van der Waals surface area (Å²) < 4.78 is 5.93. The number of fused-ring (bicyclic) bond motifs is 1. The van der Waals surface area contributed by atoms with Gasteiger partial charge in [-0.05, 0) is 38.3 Å². The van der Waals surface area contributed by atoms with Crippen LogP contribution in [0.5, 0.6) is 0 Å². The molecule has 2 N–H and O–H groups in total. The molecular formula is C22H35IN4O. The van der Waals surface area contributed by atoms with Gasteiger partial charge >= 0.3 is 0 Å². The van der Waals surface area contributed by atoms with Gasteiger partial charge in [-0.25, -0.2) is 0 Å². The summed E-state index contributed by atoms with van der Waals surface area (Å²) in [5, 5.41) is 7.40. The van der Waals surface area contributed by atoms with E-state index in [-0.39, 0.29) is 29.4 Å². The van der Waals surface area contributed by atoms with Gasteiger partial charge in [-0.3, -0.25) is 4.99 Å². The highest BCUT2D eigenvalue weighted by atomic mass is 127. The molecule has 1 aromatic carbocycles. The second kappa shape index (κ2) is 8.78. The fourth-order valence-electron chi connectivity index (χ4n) is 5.21. The Hall–Kier alpha value is -1.02. The molecular weight excluding hydrogens is 463 g/mol. The van der Waals surface area contributed by atoms with E-state index in [2.05, 4.69) is 65.6 Å². The van der Waals surface area contributed by atoms with Gasteiger partial charge in [-0.1, -0.05) is 31.5 Å². The van der Waals surface area contributed by atoms with Crippen molar-refractivity contribution in [3.63, 3.8) is 0 Å². The minimum atomic E-state index is 0. The van der Waals surface area contributed by atoms with Gasteiger partial charge in [0.15, 0.2) is 5.96 Å². The Labute approximate surface area is 186 Å². The molecule has 5 nitrogen and oxygen atoms in total. The van der Waals surface area contributed by atoms with Gasteiger partial charge in [0.05, 0.1) is 6.10 Å². The van der Waals surface area contributed by atoms with Crippen molar-refractivity contribution in [1.29, 1.82) is 0 Å². The van der Waals surface area contributed by atoms with E-state index in [9.17, 15) is 0 Å². The molecule has 4 unspecified atom stereocenters. The standard InChI is InChI=1S/C22H34N4O.HI/c1-15-7-9-17(10-8-15)26-12-5-6-16(14-26)24-21(23-4)25-19-18-11-13-27-20(18)22(19,2)3;/h7-10,16,18-20H,5-6,11-14H2,1-4H3,(H2,23,24,25);1H. The molecule has 2 saturated heterocycles. The van der Waals surface area contributed by atoms with Gasteiger partial charge < -0.3 is 20.3 Å². The lowest BCUT2D eigenvalue weighted by Gasteiger charge is -2.55. The Kier molecular flexibility index (Phi) is 6.80. The van der Waals surface area contributed by atoms with Crippen molar-refractivity contribution in [2.75, 3.05) is 31.6 Å². The number of guanidine groups is 1. The first-order chi connectivity index (χ1) is 13.0. The quantitative estimate of drug-likeness (QED) is 0.380. The van der Waals surface area contributed by atoms with Gasteiger partial charge in [0.25, 0.3) is 0 Å². The van der Waals surface area contributed by atoms with Gasteiger partial charge in [0, 0.05) is 55.8 Å². The molecule has 1 aliphatic carbocycles. The largest absolute Gasteiger partial charge is 0.377 e. The van der Waals surface area contributed by atoms with Crippen LogP contribution in [0.25, 0.3) is 0 Å². The molecule has 2 heterocycles. The van der Waals surface area contributed by atoms with Gasteiger partial charge in [-0.15, -0.1) is 24.0 Å². The summed E-state index contributed by atoms with van der Waals surface area (Å²) in [6, 6.07) is 9.74. The van der Waals surface area contributed by atoms with E-state index < -0.39 is 0 Å². The third kappa shape index (κ3) is 4.13. The minimum Gasteiger partial charge on any atom is -0.377 e. The van der Waals surface area contributed by atoms with Crippen LogP contribution < -0.4 is 15.5 Å². The fourth-order valence-corrected chi connectivity index (χ4v) is 5.21. The molecule has 2 aliphatic heterocycles. The normalized spacial score (nSPS) is 31.4. The number of aliphatic imine (C=N–C) groups is 1. The number of hydrogen-bond acceptors (Lipinski definition) is 3. The zero-order chi connectivity index (χ0) is 19.0. The fraction of sp³-hybridized carbons (Fsp3) is 0.682. The molecule has 1 aromatic rings. The van der Waals surface area contributed by atoms with Crippen molar-refractivity contribution >= 4 is 35.6 Å². The van der Waals surface area contributed by atoms with Crippen molar-refractivity contribution < 1.29 is 4.74 Å². The van der Waals surface area contributed by atoms with Crippen LogP contribution in [0.15, 0.2) is 29.3 Å². The molecule has 4 rings (SSSR count). The molecule has 0 amide bonds. The monoisotopic (exact) mass is 498 g/mol. The van der Waals surface area contributed by atoms with Crippen LogP contribution in [0.2, 0.25) is 0 Å². The van der Waals surface area contributed by atoms with E-state index in [1.807, 2.05) is 7.05 Å². The van der Waals surface area contributed by atoms with Crippen molar-refractivity contribution in [3.8, 4) is 0 Å². The first-order valence-electron chi connectivity index (χ1n) is 10.4. The number of rotatable bonds is 3. The first-order valence-corrected chi connectivity index (χ1v) is 10.4. The van der Waals surface area contributed by atoms with Crippen molar-refractivity contribution in [3.05, 3.63) is 29.8 Å². The summed E-state index contributed by atoms with van der Waals surface area (Å²) in [4.78, 5) is 7.02. The molecule has 0 bridgehead atoms. The summed E-state index contributed by atoms with van der Waals surface area (Å²) in [6.45, 7) is 9.81. The summed E-state index contributed by atoms with van der Waals surface area (Å²) in [6.07, 6.45) is 3.95. The maximum Gasteiger partial charge on any atom is 0.191 e. The number of halogens is 1. The summed E-state index contributed by atoms with van der Waals surface area (Å²) in [7, 11) is 1.88. The average molecular weight is 498 g/mol.